The van der Waals surface area contributed by atoms with E-state index in [-0.39, 0.29) is 5.69 Å². The van der Waals surface area contributed by atoms with E-state index in [4.69, 9.17) is 16.1 Å². The molecule has 0 radical (unpaired) electrons. The highest BCUT2D eigenvalue weighted by Crippen LogP contribution is 2.25. The van der Waals surface area contributed by atoms with Crippen LogP contribution in [0.3, 0.4) is 0 Å². The average molecular weight is 222 g/mol. The minimum atomic E-state index is 0.279. The van der Waals surface area contributed by atoms with Gasteiger partial charge in [0.1, 0.15) is 5.69 Å². The van der Waals surface area contributed by atoms with Crippen LogP contribution in [0, 0.1) is 6.92 Å². The Morgan fingerprint density at radius 2 is 2.20 bits per heavy atom. The summed E-state index contributed by atoms with van der Waals surface area (Å²) in [6, 6.07) is 7.12. The second kappa shape index (κ2) is 3.87. The zero-order chi connectivity index (χ0) is 10.8. The molecule has 0 fully saturated rings. The summed E-state index contributed by atoms with van der Waals surface area (Å²) in [7, 11) is 0. The van der Waals surface area contributed by atoms with Crippen molar-refractivity contribution in [1.82, 2.24) is 5.16 Å². The second-order valence-corrected chi connectivity index (χ2v) is 3.61. The first-order valence-corrected chi connectivity index (χ1v) is 4.77. The first kappa shape index (κ1) is 9.93. The van der Waals surface area contributed by atoms with Crippen LogP contribution in [-0.2, 0) is 0 Å². The third kappa shape index (κ3) is 1.92. The Kier molecular flexibility index (Phi) is 2.56. The molecule has 1 aromatic carbocycles. The molecule has 0 spiro atoms. The van der Waals surface area contributed by atoms with Crippen LogP contribution in [0.1, 0.15) is 16.1 Å². The Hall–Kier alpha value is -1.61. The average Bonchev–Trinajstić information content (AvgIpc) is 2.70. The highest BCUT2D eigenvalue weighted by Gasteiger charge is 2.07. The predicted molar refractivity (Wildman–Crippen MR) is 57.1 cm³/mol. The monoisotopic (exact) mass is 221 g/mol. The molecule has 76 valence electrons. The van der Waals surface area contributed by atoms with Gasteiger partial charge >= 0.3 is 0 Å². The van der Waals surface area contributed by atoms with Gasteiger partial charge in [0.2, 0.25) is 0 Å². The number of nitrogens with zero attached hydrogens (tertiary/aromatic N) is 1. The molecular weight excluding hydrogens is 214 g/mol. The van der Waals surface area contributed by atoms with Crippen LogP contribution in [0.25, 0.3) is 11.3 Å². The van der Waals surface area contributed by atoms with E-state index in [0.29, 0.717) is 17.1 Å². The maximum absolute atomic E-state index is 10.4. The van der Waals surface area contributed by atoms with E-state index < -0.39 is 0 Å². The minimum Gasteiger partial charge on any atom is -0.356 e. The summed E-state index contributed by atoms with van der Waals surface area (Å²) < 4.78 is 5.00. The lowest BCUT2D eigenvalue weighted by molar-refractivity contribution is 0.111. The van der Waals surface area contributed by atoms with Crippen molar-refractivity contribution in [3.05, 3.63) is 40.5 Å². The van der Waals surface area contributed by atoms with Crippen LogP contribution >= 0.6 is 11.6 Å². The number of hydrogen-bond acceptors (Lipinski definition) is 3. The van der Waals surface area contributed by atoms with Crippen LogP contribution in [0.5, 0.6) is 0 Å². The minimum absolute atomic E-state index is 0.279. The van der Waals surface area contributed by atoms with E-state index in [1.807, 2.05) is 19.1 Å². The van der Waals surface area contributed by atoms with Crippen LogP contribution in [0.15, 0.2) is 28.8 Å². The Labute approximate surface area is 91.6 Å². The number of benzene rings is 1. The topological polar surface area (TPSA) is 43.1 Å². The van der Waals surface area contributed by atoms with Crippen LogP contribution in [-0.4, -0.2) is 11.4 Å². The highest BCUT2D eigenvalue weighted by molar-refractivity contribution is 6.31. The Morgan fingerprint density at radius 3 is 2.80 bits per heavy atom. The summed E-state index contributed by atoms with van der Waals surface area (Å²) in [5.74, 6) is 0.541. The molecule has 2 aromatic rings. The molecule has 0 saturated carbocycles. The molecule has 15 heavy (non-hydrogen) atoms. The number of aldehydes is 1. The van der Waals surface area contributed by atoms with E-state index in [1.165, 1.54) is 0 Å². The zero-order valence-electron chi connectivity index (χ0n) is 8.03. The van der Waals surface area contributed by atoms with Crippen molar-refractivity contribution in [3.8, 4) is 11.3 Å². The molecule has 1 aromatic heterocycles. The quantitative estimate of drug-likeness (QED) is 0.732. The van der Waals surface area contributed by atoms with E-state index in [9.17, 15) is 4.79 Å². The van der Waals surface area contributed by atoms with Gasteiger partial charge in [0.25, 0.3) is 0 Å². The maximum atomic E-state index is 10.4. The summed E-state index contributed by atoms with van der Waals surface area (Å²) in [6.07, 6.45) is 0.642. The molecular formula is C11H8ClNO2. The lowest BCUT2D eigenvalue weighted by Crippen LogP contribution is -1.78. The van der Waals surface area contributed by atoms with E-state index in [0.717, 1.165) is 11.1 Å². The summed E-state index contributed by atoms with van der Waals surface area (Å²) in [6.45, 7) is 1.92. The number of rotatable bonds is 2. The molecule has 2 rings (SSSR count). The van der Waals surface area contributed by atoms with Crippen molar-refractivity contribution in [3.63, 3.8) is 0 Å². The summed E-state index contributed by atoms with van der Waals surface area (Å²) >= 11 is 5.97. The molecule has 0 saturated heterocycles. The lowest BCUT2D eigenvalue weighted by Gasteiger charge is -1.99. The number of carbonyl (C=O) groups excluding carboxylic acids is 1. The molecule has 4 heteroatoms. The molecule has 1 heterocycles. The number of aromatic nitrogens is 1. The first-order chi connectivity index (χ1) is 7.20. The highest BCUT2D eigenvalue weighted by atomic mass is 35.5. The standard InChI is InChI=1S/C11H8ClNO2/c1-7-2-3-8(4-10(7)12)11-5-9(6-14)13-15-11/h2-6H,1H3. The third-order valence-corrected chi connectivity index (χ3v) is 2.51. The Morgan fingerprint density at radius 1 is 1.40 bits per heavy atom. The SMILES string of the molecule is Cc1ccc(-c2cc(C=O)no2)cc1Cl. The van der Waals surface area contributed by atoms with E-state index in [1.54, 1.807) is 12.1 Å². The van der Waals surface area contributed by atoms with Gasteiger partial charge in [0.15, 0.2) is 12.0 Å². The number of halogens is 1. The maximum Gasteiger partial charge on any atom is 0.171 e. The molecule has 0 N–H and O–H groups in total. The fraction of sp³-hybridized carbons (Fsp3) is 0.0909. The number of carbonyl (C=O) groups is 1. The smallest absolute Gasteiger partial charge is 0.171 e. The molecule has 0 bridgehead atoms. The van der Waals surface area contributed by atoms with Crippen LogP contribution in [0.2, 0.25) is 5.02 Å². The van der Waals surface area contributed by atoms with Gasteiger partial charge in [-0.1, -0.05) is 28.9 Å². The van der Waals surface area contributed by atoms with E-state index >= 15 is 0 Å². The van der Waals surface area contributed by atoms with Gasteiger partial charge in [0, 0.05) is 16.7 Å². The van der Waals surface area contributed by atoms with Gasteiger partial charge in [-0.05, 0) is 18.6 Å². The number of hydrogen-bond donors (Lipinski definition) is 0. The Bertz CT molecular complexity index is 505. The van der Waals surface area contributed by atoms with Crippen molar-refractivity contribution >= 4 is 17.9 Å². The van der Waals surface area contributed by atoms with Crippen molar-refractivity contribution in [1.29, 1.82) is 0 Å². The van der Waals surface area contributed by atoms with Gasteiger partial charge in [-0.2, -0.15) is 0 Å². The molecule has 0 aliphatic heterocycles. The van der Waals surface area contributed by atoms with Crippen LogP contribution in [0.4, 0.5) is 0 Å². The van der Waals surface area contributed by atoms with Gasteiger partial charge in [-0.25, -0.2) is 0 Å². The fourth-order valence-corrected chi connectivity index (χ4v) is 1.41. The van der Waals surface area contributed by atoms with Crippen molar-refractivity contribution in [2.45, 2.75) is 6.92 Å². The second-order valence-electron chi connectivity index (χ2n) is 3.20. The largest absolute Gasteiger partial charge is 0.356 e. The van der Waals surface area contributed by atoms with E-state index in [2.05, 4.69) is 5.16 Å². The molecule has 0 atom stereocenters. The van der Waals surface area contributed by atoms with Gasteiger partial charge in [0.05, 0.1) is 0 Å². The van der Waals surface area contributed by atoms with Crippen LogP contribution < -0.4 is 0 Å². The first-order valence-electron chi connectivity index (χ1n) is 4.39. The normalized spacial score (nSPS) is 10.3. The van der Waals surface area contributed by atoms with Gasteiger partial charge in [-0.15, -0.1) is 0 Å². The fourth-order valence-electron chi connectivity index (χ4n) is 1.23. The summed E-state index contributed by atoms with van der Waals surface area (Å²) in [4.78, 5) is 10.4. The predicted octanol–water partition coefficient (Wildman–Crippen LogP) is 3.12. The van der Waals surface area contributed by atoms with Crippen molar-refractivity contribution in [2.24, 2.45) is 0 Å². The summed E-state index contributed by atoms with van der Waals surface area (Å²) in [5, 5.41) is 4.24. The Balaban J connectivity index is 2.44. The summed E-state index contributed by atoms with van der Waals surface area (Å²) in [5.41, 5.74) is 2.09. The molecule has 3 nitrogen and oxygen atoms in total. The molecule has 0 aliphatic rings. The van der Waals surface area contributed by atoms with Crippen molar-refractivity contribution < 1.29 is 9.32 Å². The number of aryl methyl sites for hydroxylation is 1. The third-order valence-electron chi connectivity index (χ3n) is 2.11. The van der Waals surface area contributed by atoms with Gasteiger partial charge in [-0.3, -0.25) is 4.79 Å². The van der Waals surface area contributed by atoms with Crippen molar-refractivity contribution in [2.75, 3.05) is 0 Å². The zero-order valence-corrected chi connectivity index (χ0v) is 8.78. The molecule has 0 amide bonds. The molecule has 0 aliphatic carbocycles. The van der Waals surface area contributed by atoms with Gasteiger partial charge < -0.3 is 4.52 Å². The lowest BCUT2D eigenvalue weighted by atomic mass is 10.1. The molecule has 0 unspecified atom stereocenters.